The summed E-state index contributed by atoms with van der Waals surface area (Å²) in [5.74, 6) is 0.121. The highest BCUT2D eigenvalue weighted by Gasteiger charge is 2.06. The summed E-state index contributed by atoms with van der Waals surface area (Å²) >= 11 is 3.11. The Bertz CT molecular complexity index is 358. The van der Waals surface area contributed by atoms with Gasteiger partial charge in [-0.25, -0.2) is 0 Å². The molecule has 0 saturated heterocycles. The van der Waals surface area contributed by atoms with Crippen molar-refractivity contribution in [2.45, 2.75) is 13.3 Å². The molecule has 3 heteroatoms. The SMILES string of the molecule is Cc1c(C=O)cccc1CC(=O)CBr. The Balaban J connectivity index is 2.97. The Morgan fingerprint density at radius 3 is 2.79 bits per heavy atom. The zero-order chi connectivity index (χ0) is 10.6. The van der Waals surface area contributed by atoms with Gasteiger partial charge in [0.25, 0.3) is 0 Å². The van der Waals surface area contributed by atoms with Crippen LogP contribution in [0.1, 0.15) is 21.5 Å². The van der Waals surface area contributed by atoms with Gasteiger partial charge in [0.15, 0.2) is 0 Å². The van der Waals surface area contributed by atoms with Crippen molar-refractivity contribution < 1.29 is 9.59 Å². The van der Waals surface area contributed by atoms with Gasteiger partial charge >= 0.3 is 0 Å². The summed E-state index contributed by atoms with van der Waals surface area (Å²) in [5, 5.41) is 0.359. The Labute approximate surface area is 91.4 Å². The van der Waals surface area contributed by atoms with E-state index in [0.717, 1.165) is 17.4 Å². The maximum atomic E-state index is 11.2. The van der Waals surface area contributed by atoms with Crippen molar-refractivity contribution in [1.82, 2.24) is 0 Å². The van der Waals surface area contributed by atoms with E-state index in [-0.39, 0.29) is 5.78 Å². The quantitative estimate of drug-likeness (QED) is 0.611. The van der Waals surface area contributed by atoms with Gasteiger partial charge in [-0.05, 0) is 18.1 Å². The van der Waals surface area contributed by atoms with Crippen molar-refractivity contribution in [3.8, 4) is 0 Å². The van der Waals surface area contributed by atoms with Gasteiger partial charge in [0.05, 0.1) is 5.33 Å². The van der Waals surface area contributed by atoms with Crippen molar-refractivity contribution in [3.63, 3.8) is 0 Å². The van der Waals surface area contributed by atoms with Crippen LogP contribution in [0.3, 0.4) is 0 Å². The Hall–Kier alpha value is -0.960. The maximum Gasteiger partial charge on any atom is 0.150 e. The second kappa shape index (κ2) is 5.05. The first-order valence-electron chi connectivity index (χ1n) is 4.30. The number of benzene rings is 1. The summed E-state index contributed by atoms with van der Waals surface area (Å²) in [5.41, 5.74) is 2.49. The molecule has 0 aliphatic carbocycles. The monoisotopic (exact) mass is 254 g/mol. The third-order valence-corrected chi connectivity index (χ3v) is 2.78. The Kier molecular flexibility index (Phi) is 4.01. The molecule has 0 spiro atoms. The largest absolute Gasteiger partial charge is 0.298 e. The fourth-order valence-corrected chi connectivity index (χ4v) is 1.48. The van der Waals surface area contributed by atoms with Gasteiger partial charge in [0, 0.05) is 12.0 Å². The molecule has 1 rings (SSSR count). The number of alkyl halides is 1. The van der Waals surface area contributed by atoms with E-state index < -0.39 is 0 Å². The number of hydrogen-bond acceptors (Lipinski definition) is 2. The average molecular weight is 255 g/mol. The van der Waals surface area contributed by atoms with E-state index in [4.69, 9.17) is 0 Å². The molecule has 1 aromatic rings. The van der Waals surface area contributed by atoms with Crippen LogP contribution < -0.4 is 0 Å². The van der Waals surface area contributed by atoms with Crippen LogP contribution in [0, 0.1) is 6.92 Å². The highest BCUT2D eigenvalue weighted by Crippen LogP contribution is 2.13. The second-order valence-electron chi connectivity index (χ2n) is 3.10. The molecule has 1 aromatic carbocycles. The molecule has 0 amide bonds. The fourth-order valence-electron chi connectivity index (χ4n) is 1.28. The summed E-state index contributed by atoms with van der Waals surface area (Å²) in [7, 11) is 0. The molecule has 0 unspecified atom stereocenters. The minimum Gasteiger partial charge on any atom is -0.298 e. The molecular weight excluding hydrogens is 244 g/mol. The van der Waals surface area contributed by atoms with E-state index >= 15 is 0 Å². The van der Waals surface area contributed by atoms with E-state index in [0.29, 0.717) is 17.3 Å². The van der Waals surface area contributed by atoms with Crippen LogP contribution in [0.5, 0.6) is 0 Å². The topological polar surface area (TPSA) is 34.1 Å². The number of carbonyl (C=O) groups is 2. The molecule has 0 aromatic heterocycles. The zero-order valence-electron chi connectivity index (χ0n) is 7.92. The lowest BCUT2D eigenvalue weighted by atomic mass is 9.99. The van der Waals surface area contributed by atoms with Crippen LogP contribution in [-0.2, 0) is 11.2 Å². The molecule has 0 aliphatic heterocycles. The molecule has 0 saturated carbocycles. The number of Topliss-reactive ketones (excluding diaryl/α,β-unsaturated/α-hetero) is 1. The summed E-state index contributed by atoms with van der Waals surface area (Å²) in [6.07, 6.45) is 1.20. The van der Waals surface area contributed by atoms with Crippen LogP contribution in [0.15, 0.2) is 18.2 Å². The van der Waals surface area contributed by atoms with Gasteiger partial charge in [-0.1, -0.05) is 34.1 Å². The average Bonchev–Trinajstić information content (AvgIpc) is 2.21. The molecule has 0 aliphatic rings. The minimum atomic E-state index is 0.121. The molecule has 0 N–H and O–H groups in total. The zero-order valence-corrected chi connectivity index (χ0v) is 9.50. The normalized spacial score (nSPS) is 9.86. The molecule has 0 heterocycles. The molecule has 2 nitrogen and oxygen atoms in total. The first-order chi connectivity index (χ1) is 6.69. The Morgan fingerprint density at radius 2 is 2.21 bits per heavy atom. The van der Waals surface area contributed by atoms with Crippen molar-refractivity contribution >= 4 is 28.0 Å². The van der Waals surface area contributed by atoms with Gasteiger partial charge in [0.2, 0.25) is 0 Å². The van der Waals surface area contributed by atoms with E-state index in [2.05, 4.69) is 15.9 Å². The lowest BCUT2D eigenvalue weighted by Crippen LogP contribution is -2.05. The molecular formula is C11H11BrO2. The second-order valence-corrected chi connectivity index (χ2v) is 3.66. The molecule has 74 valence electrons. The summed E-state index contributed by atoms with van der Waals surface area (Å²) < 4.78 is 0. The number of rotatable bonds is 4. The molecule has 14 heavy (non-hydrogen) atoms. The summed E-state index contributed by atoms with van der Waals surface area (Å²) in [4.78, 5) is 21.8. The van der Waals surface area contributed by atoms with Gasteiger partial charge in [-0.3, -0.25) is 9.59 Å². The van der Waals surface area contributed by atoms with Gasteiger partial charge in [0.1, 0.15) is 12.1 Å². The van der Waals surface area contributed by atoms with Crippen LogP contribution in [-0.4, -0.2) is 17.4 Å². The van der Waals surface area contributed by atoms with E-state index in [1.165, 1.54) is 0 Å². The molecule has 0 bridgehead atoms. The number of halogens is 1. The molecule has 0 fully saturated rings. The van der Waals surface area contributed by atoms with Crippen LogP contribution >= 0.6 is 15.9 Å². The summed E-state index contributed by atoms with van der Waals surface area (Å²) in [6.45, 7) is 1.86. The van der Waals surface area contributed by atoms with E-state index in [9.17, 15) is 9.59 Å². The first-order valence-corrected chi connectivity index (χ1v) is 5.42. The van der Waals surface area contributed by atoms with Gasteiger partial charge < -0.3 is 0 Å². The van der Waals surface area contributed by atoms with E-state index in [1.54, 1.807) is 12.1 Å². The third-order valence-electron chi connectivity index (χ3n) is 2.15. The molecule has 0 radical (unpaired) electrons. The first kappa shape index (κ1) is 11.1. The lowest BCUT2D eigenvalue weighted by Gasteiger charge is -2.05. The molecule has 0 atom stereocenters. The third kappa shape index (κ3) is 2.51. The van der Waals surface area contributed by atoms with Crippen LogP contribution in [0.2, 0.25) is 0 Å². The van der Waals surface area contributed by atoms with Crippen molar-refractivity contribution in [2.24, 2.45) is 0 Å². The van der Waals surface area contributed by atoms with Crippen molar-refractivity contribution in [1.29, 1.82) is 0 Å². The number of carbonyl (C=O) groups excluding carboxylic acids is 2. The highest BCUT2D eigenvalue weighted by molar-refractivity contribution is 9.09. The predicted octanol–water partition coefficient (Wildman–Crippen LogP) is 2.31. The number of ketones is 1. The standard InChI is InChI=1S/C11H11BrO2/c1-8-9(5-11(14)6-12)3-2-4-10(8)7-13/h2-4,7H,5-6H2,1H3. The maximum absolute atomic E-state index is 11.2. The fraction of sp³-hybridized carbons (Fsp3) is 0.273. The lowest BCUT2D eigenvalue weighted by molar-refractivity contribution is -0.115. The van der Waals surface area contributed by atoms with Crippen LogP contribution in [0.4, 0.5) is 0 Å². The van der Waals surface area contributed by atoms with Crippen molar-refractivity contribution in [3.05, 3.63) is 34.9 Å². The smallest absolute Gasteiger partial charge is 0.150 e. The summed E-state index contributed by atoms with van der Waals surface area (Å²) in [6, 6.07) is 5.43. The Morgan fingerprint density at radius 1 is 1.50 bits per heavy atom. The van der Waals surface area contributed by atoms with Gasteiger partial charge in [-0.2, -0.15) is 0 Å². The highest BCUT2D eigenvalue weighted by atomic mass is 79.9. The minimum absolute atomic E-state index is 0.121. The number of hydrogen-bond donors (Lipinski definition) is 0. The van der Waals surface area contributed by atoms with Crippen molar-refractivity contribution in [2.75, 3.05) is 5.33 Å². The predicted molar refractivity (Wildman–Crippen MR) is 59.1 cm³/mol. The number of aldehydes is 1. The van der Waals surface area contributed by atoms with E-state index in [1.807, 2.05) is 13.0 Å². The van der Waals surface area contributed by atoms with Gasteiger partial charge in [-0.15, -0.1) is 0 Å². The van der Waals surface area contributed by atoms with Crippen LogP contribution in [0.25, 0.3) is 0 Å².